The molecule has 0 saturated carbocycles. The van der Waals surface area contributed by atoms with Gasteiger partial charge in [0.2, 0.25) is 0 Å². The standard InChI is InChI=1S/C22H51NO5Si2/c1-7-24-29(6,25-8-2)21-18-20-23-19-16-14-12-13-15-17-22-30(26-9-3,27-10-4)28-11-5/h23H,7-22H2,1-6H3. The van der Waals surface area contributed by atoms with Gasteiger partial charge in [-0.3, -0.25) is 0 Å². The zero-order valence-electron chi connectivity index (χ0n) is 20.9. The van der Waals surface area contributed by atoms with Gasteiger partial charge in [-0.25, -0.2) is 0 Å². The van der Waals surface area contributed by atoms with Crippen molar-refractivity contribution in [2.24, 2.45) is 0 Å². The van der Waals surface area contributed by atoms with Gasteiger partial charge in [-0.2, -0.15) is 0 Å². The second-order valence-electron chi connectivity index (χ2n) is 7.71. The van der Waals surface area contributed by atoms with Gasteiger partial charge in [0.1, 0.15) is 0 Å². The molecule has 30 heavy (non-hydrogen) atoms. The van der Waals surface area contributed by atoms with Gasteiger partial charge in [-0.1, -0.05) is 25.7 Å². The Bertz CT molecular complexity index is 354. The van der Waals surface area contributed by atoms with Crippen molar-refractivity contribution in [2.75, 3.05) is 46.1 Å². The monoisotopic (exact) mass is 465 g/mol. The van der Waals surface area contributed by atoms with Crippen molar-refractivity contribution in [3.63, 3.8) is 0 Å². The van der Waals surface area contributed by atoms with Gasteiger partial charge in [0.15, 0.2) is 0 Å². The SMILES string of the molecule is CCO[Si](C)(CCCNCCCCCCCC[Si](OCC)(OCC)OCC)OCC. The lowest BCUT2D eigenvalue weighted by Crippen LogP contribution is -2.45. The third kappa shape index (κ3) is 15.1. The molecule has 0 radical (unpaired) electrons. The van der Waals surface area contributed by atoms with Crippen molar-refractivity contribution in [1.29, 1.82) is 0 Å². The summed E-state index contributed by atoms with van der Waals surface area (Å²) < 4.78 is 29.6. The van der Waals surface area contributed by atoms with Crippen LogP contribution in [0.1, 0.15) is 79.6 Å². The Morgan fingerprint density at radius 2 is 0.933 bits per heavy atom. The van der Waals surface area contributed by atoms with Crippen LogP contribution >= 0.6 is 0 Å². The number of hydrogen-bond acceptors (Lipinski definition) is 6. The molecule has 0 fully saturated rings. The van der Waals surface area contributed by atoms with Crippen molar-refractivity contribution in [3.8, 4) is 0 Å². The number of unbranched alkanes of at least 4 members (excludes halogenated alkanes) is 5. The molecule has 0 aromatic rings. The Kier molecular flexibility index (Phi) is 20.0. The molecule has 0 atom stereocenters. The van der Waals surface area contributed by atoms with Crippen LogP contribution in [0.25, 0.3) is 0 Å². The molecule has 0 aliphatic carbocycles. The summed E-state index contributed by atoms with van der Waals surface area (Å²) in [6.07, 6.45) is 8.62. The Labute approximate surface area is 189 Å². The molecule has 182 valence electrons. The van der Waals surface area contributed by atoms with E-state index in [9.17, 15) is 0 Å². The van der Waals surface area contributed by atoms with Crippen molar-refractivity contribution in [1.82, 2.24) is 5.32 Å². The molecule has 0 saturated heterocycles. The van der Waals surface area contributed by atoms with Crippen LogP contribution in [0, 0.1) is 0 Å². The summed E-state index contributed by atoms with van der Waals surface area (Å²) in [6.45, 7) is 18.0. The van der Waals surface area contributed by atoms with Crippen molar-refractivity contribution in [2.45, 2.75) is 98.2 Å². The first-order chi connectivity index (χ1) is 14.5. The van der Waals surface area contributed by atoms with E-state index in [4.69, 9.17) is 22.1 Å². The average molecular weight is 466 g/mol. The molecule has 0 aliphatic rings. The highest BCUT2D eigenvalue weighted by molar-refractivity contribution is 6.66. The molecule has 0 heterocycles. The van der Waals surface area contributed by atoms with Crippen molar-refractivity contribution >= 4 is 17.4 Å². The van der Waals surface area contributed by atoms with E-state index in [0.717, 1.165) is 51.2 Å². The van der Waals surface area contributed by atoms with E-state index in [1.165, 1.54) is 32.1 Å². The summed E-state index contributed by atoms with van der Waals surface area (Å²) in [6, 6.07) is 2.01. The average Bonchev–Trinajstić information content (AvgIpc) is 2.70. The van der Waals surface area contributed by atoms with Gasteiger partial charge >= 0.3 is 17.4 Å². The predicted octanol–water partition coefficient (Wildman–Crippen LogP) is 5.50. The van der Waals surface area contributed by atoms with Crippen LogP contribution in [0.15, 0.2) is 0 Å². The lowest BCUT2D eigenvalue weighted by atomic mass is 10.1. The molecule has 0 unspecified atom stereocenters. The van der Waals surface area contributed by atoms with Gasteiger partial charge in [-0.05, 0) is 79.6 Å². The molecule has 0 rings (SSSR count). The molecular formula is C22H51NO5Si2. The maximum Gasteiger partial charge on any atom is 0.500 e. The summed E-state index contributed by atoms with van der Waals surface area (Å²) in [5, 5.41) is 3.57. The van der Waals surface area contributed by atoms with Gasteiger partial charge in [-0.15, -0.1) is 0 Å². The maximum atomic E-state index is 5.92. The first-order valence-electron chi connectivity index (χ1n) is 12.4. The first kappa shape index (κ1) is 30.2. The predicted molar refractivity (Wildman–Crippen MR) is 130 cm³/mol. The first-order valence-corrected chi connectivity index (χ1v) is 16.9. The van der Waals surface area contributed by atoms with Crippen LogP contribution in [-0.4, -0.2) is 63.5 Å². The maximum absolute atomic E-state index is 5.92. The van der Waals surface area contributed by atoms with E-state index in [0.29, 0.717) is 19.8 Å². The normalized spacial score (nSPS) is 12.6. The van der Waals surface area contributed by atoms with Crippen LogP contribution in [-0.2, 0) is 22.1 Å². The lowest BCUT2D eigenvalue weighted by molar-refractivity contribution is 0.0706. The molecule has 0 spiro atoms. The van der Waals surface area contributed by atoms with E-state index in [2.05, 4.69) is 25.7 Å². The minimum absolute atomic E-state index is 0.665. The summed E-state index contributed by atoms with van der Waals surface area (Å²) >= 11 is 0. The highest BCUT2D eigenvalue weighted by Crippen LogP contribution is 2.20. The van der Waals surface area contributed by atoms with E-state index in [1.54, 1.807) is 0 Å². The highest BCUT2D eigenvalue weighted by Gasteiger charge is 2.39. The molecule has 6 nitrogen and oxygen atoms in total. The quantitative estimate of drug-likeness (QED) is 0.159. The number of hydrogen-bond donors (Lipinski definition) is 1. The number of nitrogens with one attached hydrogen (secondary N) is 1. The summed E-state index contributed by atoms with van der Waals surface area (Å²) in [5.74, 6) is 0. The second kappa shape index (κ2) is 19.8. The molecule has 8 heteroatoms. The molecule has 0 aromatic carbocycles. The fourth-order valence-corrected chi connectivity index (χ4v) is 8.85. The van der Waals surface area contributed by atoms with E-state index < -0.39 is 17.4 Å². The van der Waals surface area contributed by atoms with Gasteiger partial charge in [0.05, 0.1) is 0 Å². The van der Waals surface area contributed by atoms with Gasteiger partial charge in [0, 0.05) is 39.1 Å². The van der Waals surface area contributed by atoms with E-state index >= 15 is 0 Å². The van der Waals surface area contributed by atoms with Crippen LogP contribution in [0.5, 0.6) is 0 Å². The Morgan fingerprint density at radius 1 is 0.500 bits per heavy atom. The Balaban J connectivity index is 3.71. The summed E-state index contributed by atoms with van der Waals surface area (Å²) in [7, 11) is -4.38. The van der Waals surface area contributed by atoms with Crippen LogP contribution in [0.3, 0.4) is 0 Å². The van der Waals surface area contributed by atoms with Crippen molar-refractivity contribution < 1.29 is 22.1 Å². The largest absolute Gasteiger partial charge is 0.500 e. The Hall–Kier alpha value is 0.194. The molecule has 0 bridgehead atoms. The van der Waals surface area contributed by atoms with Gasteiger partial charge < -0.3 is 27.4 Å². The fourth-order valence-electron chi connectivity index (χ4n) is 3.76. The molecule has 0 aliphatic heterocycles. The molecule has 1 N–H and O–H groups in total. The summed E-state index contributed by atoms with van der Waals surface area (Å²) in [5.41, 5.74) is 0. The zero-order chi connectivity index (χ0) is 22.6. The minimum Gasteiger partial charge on any atom is -0.395 e. The van der Waals surface area contributed by atoms with Crippen LogP contribution in [0.4, 0.5) is 0 Å². The lowest BCUT2D eigenvalue weighted by Gasteiger charge is -2.28. The topological polar surface area (TPSA) is 58.2 Å². The third-order valence-corrected chi connectivity index (χ3v) is 11.3. The molecule has 0 amide bonds. The highest BCUT2D eigenvalue weighted by atomic mass is 28.4. The summed E-state index contributed by atoms with van der Waals surface area (Å²) in [4.78, 5) is 0. The van der Waals surface area contributed by atoms with Crippen molar-refractivity contribution in [3.05, 3.63) is 0 Å². The second-order valence-corrected chi connectivity index (χ2v) is 13.8. The Morgan fingerprint density at radius 3 is 1.43 bits per heavy atom. The van der Waals surface area contributed by atoms with Gasteiger partial charge in [0.25, 0.3) is 0 Å². The smallest absolute Gasteiger partial charge is 0.395 e. The van der Waals surface area contributed by atoms with Crippen LogP contribution in [0.2, 0.25) is 18.6 Å². The fraction of sp³-hybridized carbons (Fsp3) is 1.00. The third-order valence-electron chi connectivity index (χ3n) is 5.06. The number of rotatable bonds is 23. The van der Waals surface area contributed by atoms with E-state index in [1.807, 2.05) is 20.8 Å². The molecular weight excluding hydrogens is 414 g/mol. The zero-order valence-corrected chi connectivity index (χ0v) is 22.9. The molecule has 0 aromatic heterocycles. The van der Waals surface area contributed by atoms with E-state index in [-0.39, 0.29) is 0 Å². The van der Waals surface area contributed by atoms with Crippen LogP contribution < -0.4 is 5.32 Å². The minimum atomic E-state index is -2.44.